The predicted molar refractivity (Wildman–Crippen MR) is 110 cm³/mol. The number of halogens is 1. The Hall–Kier alpha value is -3.46. The fraction of sp³-hybridized carbons (Fsp3) is 0.286. The van der Waals surface area contributed by atoms with E-state index in [1.54, 1.807) is 30.3 Å². The summed E-state index contributed by atoms with van der Waals surface area (Å²) in [5.41, 5.74) is 5.57. The minimum Gasteiger partial charge on any atom is -0.489 e. The van der Waals surface area contributed by atoms with Gasteiger partial charge in [-0.2, -0.15) is 0 Å². The highest BCUT2D eigenvalue weighted by atomic mass is 19.1. The van der Waals surface area contributed by atoms with Crippen molar-refractivity contribution in [2.45, 2.75) is 18.6 Å². The van der Waals surface area contributed by atoms with Crippen LogP contribution in [0.25, 0.3) is 0 Å². The fourth-order valence-corrected chi connectivity index (χ4v) is 3.21. The molecule has 1 fully saturated rings. The van der Waals surface area contributed by atoms with Crippen LogP contribution in [-0.2, 0) is 16.2 Å². The molecule has 1 saturated heterocycles. The van der Waals surface area contributed by atoms with Gasteiger partial charge in [0.05, 0.1) is 6.61 Å². The lowest BCUT2D eigenvalue weighted by atomic mass is 9.97. The highest BCUT2D eigenvalue weighted by Crippen LogP contribution is 2.23. The molecule has 0 spiro atoms. The Kier molecular flexibility index (Phi) is 6.31. The van der Waals surface area contributed by atoms with Gasteiger partial charge in [0.25, 0.3) is 5.91 Å². The Morgan fingerprint density at radius 3 is 2.77 bits per heavy atom. The number of rotatable bonds is 7. The number of aliphatic hydroxyl groups excluding tert-OH is 1. The van der Waals surface area contributed by atoms with Crippen molar-refractivity contribution >= 4 is 23.2 Å². The Morgan fingerprint density at radius 1 is 1.37 bits per heavy atom. The minimum absolute atomic E-state index is 0.00533. The molecule has 2 aromatic carbocycles. The molecule has 3 rings (SSSR count). The van der Waals surface area contributed by atoms with Crippen molar-refractivity contribution < 1.29 is 23.8 Å². The van der Waals surface area contributed by atoms with E-state index in [2.05, 4.69) is 15.6 Å². The summed E-state index contributed by atoms with van der Waals surface area (Å²) >= 11 is 0. The number of carbonyl (C=O) groups excluding carboxylic acids is 2. The molecule has 1 atom stereocenters. The van der Waals surface area contributed by atoms with Crippen LogP contribution in [-0.4, -0.2) is 48.4 Å². The van der Waals surface area contributed by atoms with E-state index in [1.807, 2.05) is 0 Å². The molecule has 8 nitrogen and oxygen atoms in total. The molecular formula is C21H23FN4O4. The molecule has 1 aliphatic heterocycles. The van der Waals surface area contributed by atoms with Crippen LogP contribution in [0.15, 0.2) is 47.5 Å². The van der Waals surface area contributed by atoms with E-state index in [0.717, 1.165) is 0 Å². The van der Waals surface area contributed by atoms with Gasteiger partial charge in [0.1, 0.15) is 29.4 Å². The van der Waals surface area contributed by atoms with Crippen LogP contribution in [0.5, 0.6) is 5.75 Å². The topological polar surface area (TPSA) is 126 Å². The molecule has 30 heavy (non-hydrogen) atoms. The number of nitrogens with two attached hydrogens (primary N) is 1. The van der Waals surface area contributed by atoms with E-state index in [1.165, 1.54) is 19.2 Å². The number of ether oxygens (including phenoxy) is 1. The van der Waals surface area contributed by atoms with E-state index in [-0.39, 0.29) is 30.2 Å². The summed E-state index contributed by atoms with van der Waals surface area (Å²) in [5.74, 6) is -1.12. The normalized spacial score (nSPS) is 18.8. The summed E-state index contributed by atoms with van der Waals surface area (Å²) in [6.45, 7) is -0.197. The van der Waals surface area contributed by atoms with Gasteiger partial charge < -0.3 is 26.2 Å². The van der Waals surface area contributed by atoms with Crippen LogP contribution >= 0.6 is 0 Å². The second kappa shape index (κ2) is 8.91. The Labute approximate surface area is 172 Å². The van der Waals surface area contributed by atoms with Gasteiger partial charge in [-0.1, -0.05) is 18.2 Å². The highest BCUT2D eigenvalue weighted by Gasteiger charge is 2.44. The molecular weight excluding hydrogens is 391 g/mol. The van der Waals surface area contributed by atoms with E-state index in [0.29, 0.717) is 23.4 Å². The molecule has 5 N–H and O–H groups in total. The molecule has 0 aromatic heterocycles. The summed E-state index contributed by atoms with van der Waals surface area (Å²) in [6, 6.07) is 10.9. The van der Waals surface area contributed by atoms with Crippen molar-refractivity contribution in [3.8, 4) is 5.75 Å². The second-order valence-electron chi connectivity index (χ2n) is 6.90. The van der Waals surface area contributed by atoms with E-state index in [9.17, 15) is 19.1 Å². The van der Waals surface area contributed by atoms with Crippen molar-refractivity contribution in [3.05, 3.63) is 59.4 Å². The molecule has 0 saturated carbocycles. The SMILES string of the molecule is CN=C(C(=O)NC1(CO)CCNC1=O)c1cc(OCc2ccccc2F)ccc1N. The number of hydrogen-bond donors (Lipinski definition) is 4. The number of nitrogens with one attached hydrogen (secondary N) is 2. The van der Waals surface area contributed by atoms with Gasteiger partial charge in [0.2, 0.25) is 5.91 Å². The summed E-state index contributed by atoms with van der Waals surface area (Å²) in [6.07, 6.45) is 0.256. The highest BCUT2D eigenvalue weighted by molar-refractivity contribution is 6.46. The standard InChI is InChI=1S/C21H23FN4O4/c1-24-18(19(28)26-21(12-27)8-9-25-20(21)29)15-10-14(6-7-17(15)23)30-11-13-4-2-3-5-16(13)22/h2-7,10,27H,8-9,11-12,23H2,1H3,(H,25,29)(H,26,28). The maximum Gasteiger partial charge on any atom is 0.271 e. The van der Waals surface area contributed by atoms with Crippen molar-refractivity contribution in [2.75, 3.05) is 25.9 Å². The van der Waals surface area contributed by atoms with Gasteiger partial charge in [-0.05, 0) is 30.7 Å². The van der Waals surface area contributed by atoms with Gasteiger partial charge in [0, 0.05) is 30.4 Å². The monoisotopic (exact) mass is 414 g/mol. The zero-order valence-electron chi connectivity index (χ0n) is 16.4. The van der Waals surface area contributed by atoms with Crippen molar-refractivity contribution in [3.63, 3.8) is 0 Å². The Bertz CT molecular complexity index is 995. The van der Waals surface area contributed by atoms with Gasteiger partial charge in [-0.25, -0.2) is 4.39 Å². The molecule has 1 heterocycles. The largest absolute Gasteiger partial charge is 0.489 e. The lowest BCUT2D eigenvalue weighted by Crippen LogP contribution is -2.57. The van der Waals surface area contributed by atoms with Crippen molar-refractivity contribution in [2.24, 2.45) is 4.99 Å². The maximum atomic E-state index is 13.8. The van der Waals surface area contributed by atoms with Crippen LogP contribution in [0.2, 0.25) is 0 Å². The number of hydrogen-bond acceptors (Lipinski definition) is 6. The van der Waals surface area contributed by atoms with Crippen molar-refractivity contribution in [1.82, 2.24) is 10.6 Å². The van der Waals surface area contributed by atoms with Crippen LogP contribution in [0.3, 0.4) is 0 Å². The number of carbonyl (C=O) groups is 2. The summed E-state index contributed by atoms with van der Waals surface area (Å²) < 4.78 is 19.4. The first-order valence-corrected chi connectivity index (χ1v) is 9.35. The quantitative estimate of drug-likeness (QED) is 0.393. The smallest absolute Gasteiger partial charge is 0.271 e. The van der Waals surface area contributed by atoms with E-state index in [4.69, 9.17) is 10.5 Å². The zero-order chi connectivity index (χ0) is 21.7. The van der Waals surface area contributed by atoms with E-state index < -0.39 is 24.0 Å². The Balaban J connectivity index is 1.80. The summed E-state index contributed by atoms with van der Waals surface area (Å²) in [7, 11) is 1.42. The summed E-state index contributed by atoms with van der Waals surface area (Å²) in [5, 5.41) is 14.8. The number of nitrogen functional groups attached to an aromatic ring is 1. The molecule has 0 radical (unpaired) electrons. The molecule has 0 bridgehead atoms. The van der Waals surface area contributed by atoms with Crippen LogP contribution in [0.1, 0.15) is 17.5 Å². The first-order valence-electron chi connectivity index (χ1n) is 9.35. The zero-order valence-corrected chi connectivity index (χ0v) is 16.4. The molecule has 9 heteroatoms. The average Bonchev–Trinajstić information content (AvgIpc) is 3.10. The lowest BCUT2D eigenvalue weighted by molar-refractivity contribution is -0.130. The van der Waals surface area contributed by atoms with Gasteiger partial charge in [0.15, 0.2) is 0 Å². The van der Waals surface area contributed by atoms with Gasteiger partial charge >= 0.3 is 0 Å². The van der Waals surface area contributed by atoms with Crippen LogP contribution < -0.4 is 21.1 Å². The third-order valence-electron chi connectivity index (χ3n) is 4.97. The number of aliphatic imine (C=N–C) groups is 1. The molecule has 2 amide bonds. The average molecular weight is 414 g/mol. The third-order valence-corrected chi connectivity index (χ3v) is 4.97. The molecule has 1 unspecified atom stereocenters. The van der Waals surface area contributed by atoms with Crippen LogP contribution in [0, 0.1) is 5.82 Å². The Morgan fingerprint density at radius 2 is 2.13 bits per heavy atom. The van der Waals surface area contributed by atoms with Gasteiger partial charge in [-0.3, -0.25) is 14.6 Å². The first-order chi connectivity index (χ1) is 14.4. The minimum atomic E-state index is -1.40. The fourth-order valence-electron chi connectivity index (χ4n) is 3.21. The number of benzene rings is 2. The maximum absolute atomic E-state index is 13.8. The molecule has 2 aromatic rings. The number of nitrogens with zero attached hydrogens (tertiary/aromatic N) is 1. The third kappa shape index (κ3) is 4.25. The summed E-state index contributed by atoms with van der Waals surface area (Å²) in [4.78, 5) is 28.9. The number of amides is 2. The molecule has 158 valence electrons. The van der Waals surface area contributed by atoms with Gasteiger partial charge in [-0.15, -0.1) is 0 Å². The van der Waals surface area contributed by atoms with Crippen molar-refractivity contribution in [1.29, 1.82) is 0 Å². The number of anilines is 1. The van der Waals surface area contributed by atoms with Crippen LogP contribution in [0.4, 0.5) is 10.1 Å². The molecule has 0 aliphatic carbocycles. The second-order valence-corrected chi connectivity index (χ2v) is 6.90. The lowest BCUT2D eigenvalue weighted by Gasteiger charge is -2.25. The molecule has 1 aliphatic rings. The predicted octanol–water partition coefficient (Wildman–Crippen LogP) is 0.773. The first kappa shape index (κ1) is 21.3. The van der Waals surface area contributed by atoms with E-state index >= 15 is 0 Å². The number of aliphatic hydroxyl groups is 1.